The van der Waals surface area contributed by atoms with E-state index in [1.807, 2.05) is 24.3 Å². The molecule has 108 valence electrons. The van der Waals surface area contributed by atoms with Crippen molar-refractivity contribution in [2.75, 3.05) is 11.9 Å². The van der Waals surface area contributed by atoms with Crippen LogP contribution in [0.15, 0.2) is 36.4 Å². The third kappa shape index (κ3) is 3.07. The van der Waals surface area contributed by atoms with E-state index in [0.29, 0.717) is 16.5 Å². The number of hydrogen-bond donors (Lipinski definition) is 1. The van der Waals surface area contributed by atoms with Gasteiger partial charge in [-0.15, -0.1) is 0 Å². The van der Waals surface area contributed by atoms with Crippen LogP contribution < -0.4 is 5.32 Å². The summed E-state index contributed by atoms with van der Waals surface area (Å²) < 4.78 is 0. The molecule has 2 aromatic rings. The number of carbonyl (C=O) groups excluding carboxylic acids is 1. The van der Waals surface area contributed by atoms with E-state index in [2.05, 4.69) is 5.32 Å². The van der Waals surface area contributed by atoms with Crippen LogP contribution in [0.4, 0.5) is 5.69 Å². The predicted molar refractivity (Wildman–Crippen MR) is 87.7 cm³/mol. The van der Waals surface area contributed by atoms with Gasteiger partial charge < -0.3 is 5.32 Å². The Balaban J connectivity index is 1.89. The van der Waals surface area contributed by atoms with E-state index in [1.165, 1.54) is 0 Å². The molecule has 0 atom stereocenters. The SMILES string of the molecule is O=C(Cc1ccc(Cl)cc1Cl)c1cccc2c1CCCN2. The molecule has 0 saturated carbocycles. The van der Waals surface area contributed by atoms with Crippen LogP contribution in [0, 0.1) is 0 Å². The molecule has 1 aliphatic rings. The number of halogens is 2. The van der Waals surface area contributed by atoms with Crippen LogP contribution in [0.25, 0.3) is 0 Å². The van der Waals surface area contributed by atoms with Crippen molar-refractivity contribution in [1.29, 1.82) is 0 Å². The minimum Gasteiger partial charge on any atom is -0.385 e. The highest BCUT2D eigenvalue weighted by atomic mass is 35.5. The van der Waals surface area contributed by atoms with Crippen LogP contribution in [0.1, 0.15) is 27.9 Å². The molecule has 0 fully saturated rings. The minimum atomic E-state index is 0.0970. The summed E-state index contributed by atoms with van der Waals surface area (Å²) >= 11 is 12.0. The van der Waals surface area contributed by atoms with E-state index in [-0.39, 0.29) is 5.78 Å². The van der Waals surface area contributed by atoms with Gasteiger partial charge in [0, 0.05) is 34.3 Å². The molecule has 2 nitrogen and oxygen atoms in total. The van der Waals surface area contributed by atoms with Gasteiger partial charge in [0.25, 0.3) is 0 Å². The molecule has 0 spiro atoms. The second-order valence-corrected chi connectivity index (χ2v) is 6.04. The summed E-state index contributed by atoms with van der Waals surface area (Å²) in [7, 11) is 0. The van der Waals surface area contributed by atoms with E-state index >= 15 is 0 Å². The Kier molecular flexibility index (Phi) is 4.18. The second kappa shape index (κ2) is 6.08. The standard InChI is InChI=1S/C17H15Cl2NO/c18-12-7-6-11(15(19)10-12)9-17(21)14-3-1-5-16-13(14)4-2-8-20-16/h1,3,5-7,10,20H,2,4,8-9H2. The summed E-state index contributed by atoms with van der Waals surface area (Å²) in [6.07, 6.45) is 2.30. The smallest absolute Gasteiger partial charge is 0.167 e. The van der Waals surface area contributed by atoms with Crippen molar-refractivity contribution in [3.05, 3.63) is 63.1 Å². The van der Waals surface area contributed by atoms with Crippen LogP contribution >= 0.6 is 23.2 Å². The highest BCUT2D eigenvalue weighted by molar-refractivity contribution is 6.35. The van der Waals surface area contributed by atoms with E-state index in [4.69, 9.17) is 23.2 Å². The van der Waals surface area contributed by atoms with Gasteiger partial charge in [0.1, 0.15) is 0 Å². The lowest BCUT2D eigenvalue weighted by molar-refractivity contribution is 0.0992. The molecule has 0 amide bonds. The number of Topliss-reactive ketones (excluding diaryl/α,β-unsaturated/α-hetero) is 1. The molecule has 2 aromatic carbocycles. The van der Waals surface area contributed by atoms with Gasteiger partial charge in [-0.2, -0.15) is 0 Å². The molecule has 0 aromatic heterocycles. The van der Waals surface area contributed by atoms with Crippen molar-refractivity contribution in [1.82, 2.24) is 0 Å². The number of anilines is 1. The number of carbonyl (C=O) groups is 1. The van der Waals surface area contributed by atoms with E-state index < -0.39 is 0 Å². The number of nitrogens with one attached hydrogen (secondary N) is 1. The lowest BCUT2D eigenvalue weighted by Gasteiger charge is -2.20. The summed E-state index contributed by atoms with van der Waals surface area (Å²) in [6, 6.07) is 11.1. The van der Waals surface area contributed by atoms with Crippen LogP contribution in [-0.4, -0.2) is 12.3 Å². The van der Waals surface area contributed by atoms with E-state index in [0.717, 1.165) is 41.8 Å². The summed E-state index contributed by atoms with van der Waals surface area (Å²) in [5.74, 6) is 0.0970. The molecule has 0 bridgehead atoms. The molecule has 1 heterocycles. The Morgan fingerprint density at radius 1 is 1.19 bits per heavy atom. The summed E-state index contributed by atoms with van der Waals surface area (Å²) in [6.45, 7) is 0.966. The molecule has 4 heteroatoms. The largest absolute Gasteiger partial charge is 0.385 e. The Morgan fingerprint density at radius 2 is 2.05 bits per heavy atom. The Hall–Kier alpha value is -1.51. The van der Waals surface area contributed by atoms with Gasteiger partial charge in [-0.05, 0) is 42.2 Å². The number of benzene rings is 2. The van der Waals surface area contributed by atoms with Crippen molar-refractivity contribution in [2.24, 2.45) is 0 Å². The predicted octanol–water partition coefficient (Wildman–Crippen LogP) is 4.78. The maximum Gasteiger partial charge on any atom is 0.167 e. The molecular formula is C17H15Cl2NO. The van der Waals surface area contributed by atoms with Crippen molar-refractivity contribution in [2.45, 2.75) is 19.3 Å². The molecule has 0 unspecified atom stereocenters. The average molecular weight is 320 g/mol. The van der Waals surface area contributed by atoms with E-state index in [1.54, 1.807) is 12.1 Å². The fraction of sp³-hybridized carbons (Fsp3) is 0.235. The third-order valence-electron chi connectivity index (χ3n) is 3.76. The average Bonchev–Trinajstić information content (AvgIpc) is 2.49. The molecule has 0 saturated heterocycles. The highest BCUT2D eigenvalue weighted by Gasteiger charge is 2.18. The summed E-state index contributed by atoms with van der Waals surface area (Å²) in [5, 5.41) is 4.47. The Bertz CT molecular complexity index is 697. The zero-order valence-corrected chi connectivity index (χ0v) is 13.0. The van der Waals surface area contributed by atoms with Crippen LogP contribution in [-0.2, 0) is 12.8 Å². The molecule has 21 heavy (non-hydrogen) atoms. The summed E-state index contributed by atoms with van der Waals surface area (Å²) in [4.78, 5) is 12.6. The molecule has 1 aliphatic heterocycles. The first-order valence-corrected chi connectivity index (χ1v) is 7.73. The molecule has 1 N–H and O–H groups in total. The summed E-state index contributed by atoms with van der Waals surface area (Å²) in [5.41, 5.74) is 3.81. The Morgan fingerprint density at radius 3 is 2.86 bits per heavy atom. The maximum atomic E-state index is 12.6. The Labute approximate surface area is 134 Å². The van der Waals surface area contributed by atoms with Gasteiger partial charge in [-0.25, -0.2) is 0 Å². The second-order valence-electron chi connectivity index (χ2n) is 5.20. The normalized spacial score (nSPS) is 13.4. The van der Waals surface area contributed by atoms with Gasteiger partial charge in [-0.3, -0.25) is 4.79 Å². The fourth-order valence-corrected chi connectivity index (χ4v) is 3.18. The zero-order chi connectivity index (χ0) is 14.8. The third-order valence-corrected chi connectivity index (χ3v) is 4.35. The van der Waals surface area contributed by atoms with Gasteiger partial charge >= 0.3 is 0 Å². The number of rotatable bonds is 3. The lowest BCUT2D eigenvalue weighted by atomic mass is 9.93. The van der Waals surface area contributed by atoms with Gasteiger partial charge in [0.15, 0.2) is 5.78 Å². The first-order valence-electron chi connectivity index (χ1n) is 6.98. The number of fused-ring (bicyclic) bond motifs is 1. The van der Waals surface area contributed by atoms with Gasteiger partial charge in [0.2, 0.25) is 0 Å². The van der Waals surface area contributed by atoms with Crippen molar-refractivity contribution >= 4 is 34.7 Å². The van der Waals surface area contributed by atoms with Crippen LogP contribution in [0.3, 0.4) is 0 Å². The van der Waals surface area contributed by atoms with Crippen molar-refractivity contribution in [3.8, 4) is 0 Å². The topological polar surface area (TPSA) is 29.1 Å². The number of hydrogen-bond acceptors (Lipinski definition) is 2. The maximum absolute atomic E-state index is 12.6. The minimum absolute atomic E-state index is 0.0970. The first kappa shape index (κ1) is 14.4. The first-order chi connectivity index (χ1) is 10.1. The van der Waals surface area contributed by atoms with E-state index in [9.17, 15) is 4.79 Å². The van der Waals surface area contributed by atoms with Gasteiger partial charge in [-0.1, -0.05) is 41.4 Å². The van der Waals surface area contributed by atoms with Crippen LogP contribution in [0.5, 0.6) is 0 Å². The van der Waals surface area contributed by atoms with Crippen molar-refractivity contribution < 1.29 is 4.79 Å². The van der Waals surface area contributed by atoms with Gasteiger partial charge in [0.05, 0.1) is 0 Å². The zero-order valence-electron chi connectivity index (χ0n) is 11.5. The quantitative estimate of drug-likeness (QED) is 0.825. The van der Waals surface area contributed by atoms with Crippen molar-refractivity contribution in [3.63, 3.8) is 0 Å². The number of ketones is 1. The molecule has 3 rings (SSSR count). The molecule has 0 aliphatic carbocycles. The highest BCUT2D eigenvalue weighted by Crippen LogP contribution is 2.28. The fourth-order valence-electron chi connectivity index (χ4n) is 2.70. The molecule has 0 radical (unpaired) electrons. The molecular weight excluding hydrogens is 305 g/mol. The van der Waals surface area contributed by atoms with Crippen LogP contribution in [0.2, 0.25) is 10.0 Å². The lowest BCUT2D eigenvalue weighted by Crippen LogP contribution is -2.16. The monoisotopic (exact) mass is 319 g/mol.